The molecule has 3 rings (SSSR count). The Morgan fingerprint density at radius 3 is 2.73 bits per heavy atom. The van der Waals surface area contributed by atoms with Crippen LogP contribution in [0.2, 0.25) is 5.02 Å². The summed E-state index contributed by atoms with van der Waals surface area (Å²) in [5.41, 5.74) is 0.316. The van der Waals surface area contributed by atoms with Crippen molar-refractivity contribution in [2.45, 2.75) is 0 Å². The van der Waals surface area contributed by atoms with Gasteiger partial charge in [-0.1, -0.05) is 23.7 Å². The smallest absolute Gasteiger partial charge is 0.280 e. The number of nitro benzene ring substituents is 1. The normalized spacial score (nSPS) is 10.8. The summed E-state index contributed by atoms with van der Waals surface area (Å²) in [6.45, 7) is 0. The van der Waals surface area contributed by atoms with Crippen molar-refractivity contribution < 1.29 is 14.1 Å². The van der Waals surface area contributed by atoms with Crippen LogP contribution in [-0.4, -0.2) is 15.8 Å². The fourth-order valence-electron chi connectivity index (χ4n) is 2.20. The second-order valence-corrected chi connectivity index (χ2v) is 5.60. The molecular weight excluding hydrogens is 358 g/mol. The Labute approximate surface area is 153 Å². The summed E-state index contributed by atoms with van der Waals surface area (Å²) in [6, 6.07) is 12.7. The monoisotopic (exact) mass is 369 g/mol. The van der Waals surface area contributed by atoms with E-state index in [0.717, 1.165) is 0 Å². The number of anilines is 1. The number of nitrogens with one attached hydrogen (secondary N) is 1. The maximum atomic E-state index is 11.9. The Kier molecular flexibility index (Phi) is 5.09. The molecule has 0 saturated heterocycles. The Bertz CT molecular complexity index is 980. The van der Waals surface area contributed by atoms with Crippen LogP contribution in [0.1, 0.15) is 5.76 Å². The van der Waals surface area contributed by atoms with Crippen LogP contribution < -0.4 is 5.32 Å². The minimum Gasteiger partial charge on any atom is -0.456 e. The van der Waals surface area contributed by atoms with Crippen molar-refractivity contribution in [1.29, 1.82) is 0 Å². The van der Waals surface area contributed by atoms with Gasteiger partial charge in [-0.3, -0.25) is 14.9 Å². The van der Waals surface area contributed by atoms with Crippen LogP contribution in [-0.2, 0) is 4.79 Å². The Morgan fingerprint density at radius 2 is 2.00 bits per heavy atom. The summed E-state index contributed by atoms with van der Waals surface area (Å²) in [4.78, 5) is 26.5. The SMILES string of the molecule is O=C(/C=C/c1ccc(-c2ccccc2[N+](=O)[O-])o1)Nc1ccc(Cl)cn1. The van der Waals surface area contributed by atoms with Crippen molar-refractivity contribution in [2.24, 2.45) is 0 Å². The zero-order valence-corrected chi connectivity index (χ0v) is 14.0. The number of para-hydroxylation sites is 1. The maximum Gasteiger partial charge on any atom is 0.280 e. The van der Waals surface area contributed by atoms with Crippen LogP contribution in [0.3, 0.4) is 0 Å². The lowest BCUT2D eigenvalue weighted by atomic mass is 10.1. The van der Waals surface area contributed by atoms with E-state index in [1.807, 2.05) is 0 Å². The van der Waals surface area contributed by atoms with Crippen LogP contribution in [0.5, 0.6) is 0 Å². The molecule has 0 saturated carbocycles. The van der Waals surface area contributed by atoms with Crippen LogP contribution in [0, 0.1) is 10.1 Å². The second kappa shape index (κ2) is 7.62. The quantitative estimate of drug-likeness (QED) is 0.404. The van der Waals surface area contributed by atoms with Crippen molar-refractivity contribution in [3.8, 4) is 11.3 Å². The molecule has 3 aromatic rings. The Morgan fingerprint density at radius 1 is 1.19 bits per heavy atom. The minimum absolute atomic E-state index is 0.0519. The molecule has 0 radical (unpaired) electrons. The first-order chi connectivity index (χ1) is 12.5. The number of hydrogen-bond acceptors (Lipinski definition) is 5. The van der Waals surface area contributed by atoms with E-state index >= 15 is 0 Å². The van der Waals surface area contributed by atoms with Gasteiger partial charge in [0.05, 0.1) is 15.5 Å². The first-order valence-corrected chi connectivity index (χ1v) is 7.85. The standard InChI is InChI=1S/C18H12ClN3O4/c19-12-5-9-17(20-11-12)21-18(23)10-7-13-6-8-16(26-13)14-3-1-2-4-15(14)22(24)25/h1-11H,(H,20,21,23)/b10-7+. The molecule has 0 aliphatic carbocycles. The van der Waals surface area contributed by atoms with Crippen LogP contribution in [0.15, 0.2) is 65.2 Å². The van der Waals surface area contributed by atoms with Crippen molar-refractivity contribution in [2.75, 3.05) is 5.32 Å². The lowest BCUT2D eigenvalue weighted by molar-refractivity contribution is -0.384. The molecular formula is C18H12ClN3O4. The first kappa shape index (κ1) is 17.4. The molecule has 130 valence electrons. The minimum atomic E-state index is -0.472. The van der Waals surface area contributed by atoms with Gasteiger partial charge in [-0.15, -0.1) is 0 Å². The molecule has 2 heterocycles. The highest BCUT2D eigenvalue weighted by molar-refractivity contribution is 6.30. The topological polar surface area (TPSA) is 98.3 Å². The van der Waals surface area contributed by atoms with E-state index in [2.05, 4.69) is 10.3 Å². The number of hydrogen-bond donors (Lipinski definition) is 1. The fourth-order valence-corrected chi connectivity index (χ4v) is 2.32. The van der Waals surface area contributed by atoms with Gasteiger partial charge >= 0.3 is 0 Å². The van der Waals surface area contributed by atoms with Crippen molar-refractivity contribution >= 4 is 35.1 Å². The molecule has 26 heavy (non-hydrogen) atoms. The third-order valence-corrected chi connectivity index (χ3v) is 3.59. The average molecular weight is 370 g/mol. The molecule has 0 aliphatic heterocycles. The van der Waals surface area contributed by atoms with E-state index in [1.165, 1.54) is 24.4 Å². The summed E-state index contributed by atoms with van der Waals surface area (Å²) in [5.74, 6) is 0.696. The van der Waals surface area contributed by atoms with E-state index in [4.69, 9.17) is 16.0 Å². The highest BCUT2D eigenvalue weighted by Gasteiger charge is 2.16. The van der Waals surface area contributed by atoms with Gasteiger partial charge in [-0.2, -0.15) is 0 Å². The largest absolute Gasteiger partial charge is 0.456 e. The zero-order chi connectivity index (χ0) is 18.5. The molecule has 0 spiro atoms. The third kappa shape index (κ3) is 4.14. The molecule has 0 fully saturated rings. The number of rotatable bonds is 5. The number of nitro groups is 1. The van der Waals surface area contributed by atoms with Crippen LogP contribution in [0.25, 0.3) is 17.4 Å². The number of carbonyl (C=O) groups excluding carboxylic acids is 1. The predicted octanol–water partition coefficient (Wildman–Crippen LogP) is 4.56. The lowest BCUT2D eigenvalue weighted by Gasteiger charge is -2.00. The van der Waals surface area contributed by atoms with Crippen molar-refractivity contribution in [3.05, 3.63) is 81.7 Å². The van der Waals surface area contributed by atoms with Gasteiger partial charge in [0, 0.05) is 18.3 Å². The molecule has 8 heteroatoms. The molecule has 1 N–H and O–H groups in total. The molecule has 0 aliphatic rings. The molecule has 0 unspecified atom stereocenters. The first-order valence-electron chi connectivity index (χ1n) is 7.47. The van der Waals surface area contributed by atoms with Crippen molar-refractivity contribution in [3.63, 3.8) is 0 Å². The number of carbonyl (C=O) groups is 1. The lowest BCUT2D eigenvalue weighted by Crippen LogP contribution is -2.08. The number of halogens is 1. The van der Waals surface area contributed by atoms with Gasteiger partial charge in [0.2, 0.25) is 5.91 Å². The molecule has 1 aromatic carbocycles. The number of furan rings is 1. The third-order valence-electron chi connectivity index (χ3n) is 3.37. The summed E-state index contributed by atoms with van der Waals surface area (Å²) < 4.78 is 5.57. The maximum absolute atomic E-state index is 11.9. The van der Waals surface area contributed by atoms with E-state index in [1.54, 1.807) is 42.5 Å². The van der Waals surface area contributed by atoms with Crippen molar-refractivity contribution in [1.82, 2.24) is 4.98 Å². The predicted molar refractivity (Wildman–Crippen MR) is 97.7 cm³/mol. The highest BCUT2D eigenvalue weighted by Crippen LogP contribution is 2.31. The summed E-state index contributed by atoms with van der Waals surface area (Å²) in [7, 11) is 0. The van der Waals surface area contributed by atoms with Crippen LogP contribution in [0.4, 0.5) is 11.5 Å². The van der Waals surface area contributed by atoms with E-state index in [0.29, 0.717) is 27.9 Å². The summed E-state index contributed by atoms with van der Waals surface area (Å²) >= 11 is 5.73. The van der Waals surface area contributed by atoms with Gasteiger partial charge in [0.25, 0.3) is 5.69 Å². The van der Waals surface area contributed by atoms with E-state index in [-0.39, 0.29) is 5.69 Å². The van der Waals surface area contributed by atoms with Gasteiger partial charge in [0.1, 0.15) is 17.3 Å². The fraction of sp³-hybridized carbons (Fsp3) is 0. The van der Waals surface area contributed by atoms with E-state index < -0.39 is 10.8 Å². The number of amides is 1. The molecule has 0 atom stereocenters. The Balaban J connectivity index is 1.72. The van der Waals surface area contributed by atoms with Gasteiger partial charge in [0.15, 0.2) is 0 Å². The number of pyridine rings is 1. The summed E-state index contributed by atoms with van der Waals surface area (Å²) in [6.07, 6.45) is 4.16. The second-order valence-electron chi connectivity index (χ2n) is 5.16. The highest BCUT2D eigenvalue weighted by atomic mass is 35.5. The Hall–Kier alpha value is -3.45. The molecule has 1 amide bonds. The number of benzene rings is 1. The van der Waals surface area contributed by atoms with E-state index in [9.17, 15) is 14.9 Å². The van der Waals surface area contributed by atoms with Gasteiger partial charge in [-0.25, -0.2) is 4.98 Å². The van der Waals surface area contributed by atoms with Gasteiger partial charge in [-0.05, 0) is 36.4 Å². The average Bonchev–Trinajstić information content (AvgIpc) is 3.11. The van der Waals surface area contributed by atoms with Gasteiger partial charge < -0.3 is 9.73 Å². The number of nitrogens with zero attached hydrogens (tertiary/aromatic N) is 2. The molecule has 0 bridgehead atoms. The van der Waals surface area contributed by atoms with Crippen LogP contribution >= 0.6 is 11.6 Å². The zero-order valence-electron chi connectivity index (χ0n) is 13.3. The molecule has 7 nitrogen and oxygen atoms in total. The summed E-state index contributed by atoms with van der Waals surface area (Å²) in [5, 5.41) is 14.1. The number of aromatic nitrogens is 1. The molecule has 2 aromatic heterocycles.